The predicted molar refractivity (Wildman–Crippen MR) is 73.8 cm³/mol. The van der Waals surface area contributed by atoms with Gasteiger partial charge in [-0.1, -0.05) is 56.7 Å². The normalized spacial score (nSPS) is 12.5. The molecule has 0 unspecified atom stereocenters. The van der Waals surface area contributed by atoms with Crippen molar-refractivity contribution in [1.82, 2.24) is 0 Å². The molecule has 0 radical (unpaired) electrons. The molecule has 92 valence electrons. The molecule has 0 heterocycles. The van der Waals surface area contributed by atoms with Gasteiger partial charge in [0.15, 0.2) is 0 Å². The quantitative estimate of drug-likeness (QED) is 0.728. The smallest absolute Gasteiger partial charge is 0.139 e. The summed E-state index contributed by atoms with van der Waals surface area (Å²) in [6.07, 6.45) is 1.55. The highest BCUT2D eigenvalue weighted by Crippen LogP contribution is 2.24. The number of Topliss-reactive ketones (excluding diaryl/α,β-unsaturated/α-hetero) is 1. The number of hydrogen-bond donors (Lipinski definition) is 0. The first-order chi connectivity index (χ1) is 8.06. The molecule has 0 amide bonds. The first-order valence-corrected chi connectivity index (χ1v) is 6.33. The molecule has 0 aliphatic rings. The molecule has 0 saturated heterocycles. The van der Waals surface area contributed by atoms with Gasteiger partial charge < -0.3 is 0 Å². The Labute approximate surface area is 105 Å². The van der Waals surface area contributed by atoms with Crippen LogP contribution in [-0.2, 0) is 4.79 Å². The number of carbonyl (C=O) groups is 1. The van der Waals surface area contributed by atoms with Crippen LogP contribution in [0.4, 0.5) is 0 Å². The Balaban J connectivity index is 2.96. The van der Waals surface area contributed by atoms with Crippen LogP contribution in [0, 0.1) is 5.92 Å². The van der Waals surface area contributed by atoms with Gasteiger partial charge in [-0.25, -0.2) is 0 Å². The monoisotopic (exact) mass is 230 g/mol. The van der Waals surface area contributed by atoms with Crippen LogP contribution in [0.3, 0.4) is 0 Å². The third kappa shape index (κ3) is 3.85. The van der Waals surface area contributed by atoms with Crippen molar-refractivity contribution in [2.75, 3.05) is 0 Å². The summed E-state index contributed by atoms with van der Waals surface area (Å²) in [5.74, 6) is 0.447. The van der Waals surface area contributed by atoms with Gasteiger partial charge in [0.25, 0.3) is 0 Å². The average Bonchev–Trinajstić information content (AvgIpc) is 2.31. The topological polar surface area (TPSA) is 17.1 Å². The lowest BCUT2D eigenvalue weighted by Gasteiger charge is -2.11. The highest BCUT2D eigenvalue weighted by Gasteiger charge is 2.11. The zero-order chi connectivity index (χ0) is 12.8. The van der Waals surface area contributed by atoms with E-state index in [1.807, 2.05) is 32.0 Å². The van der Waals surface area contributed by atoms with Gasteiger partial charge in [-0.2, -0.15) is 0 Å². The van der Waals surface area contributed by atoms with E-state index in [4.69, 9.17) is 0 Å². The van der Waals surface area contributed by atoms with Gasteiger partial charge in [0, 0.05) is 12.3 Å². The Hall–Kier alpha value is -1.37. The molecule has 0 aliphatic carbocycles. The number of ketones is 1. The first kappa shape index (κ1) is 13.7. The van der Waals surface area contributed by atoms with Gasteiger partial charge in [0.05, 0.1) is 0 Å². The Bertz CT molecular complexity index is 399. The molecule has 0 saturated carbocycles. The summed E-state index contributed by atoms with van der Waals surface area (Å²) < 4.78 is 0. The number of rotatable bonds is 5. The van der Waals surface area contributed by atoms with Gasteiger partial charge in [0.2, 0.25) is 0 Å². The summed E-state index contributed by atoms with van der Waals surface area (Å²) in [4.78, 5) is 11.8. The molecular weight excluding hydrogens is 208 g/mol. The Morgan fingerprint density at radius 2 is 1.76 bits per heavy atom. The van der Waals surface area contributed by atoms with Gasteiger partial charge in [-0.05, 0) is 24.5 Å². The second kappa shape index (κ2) is 6.39. The molecule has 0 aliphatic heterocycles. The minimum Gasteiger partial charge on any atom is -0.299 e. The Morgan fingerprint density at radius 3 is 2.24 bits per heavy atom. The third-order valence-electron chi connectivity index (χ3n) is 3.07. The van der Waals surface area contributed by atoms with Gasteiger partial charge in [0.1, 0.15) is 5.78 Å². The SMILES string of the molecule is CC/C(=C(/C)CC(=O)C(C)C)c1ccccc1. The molecule has 0 atom stereocenters. The minimum atomic E-state index is 0.124. The van der Waals surface area contributed by atoms with E-state index in [1.165, 1.54) is 16.7 Å². The highest BCUT2D eigenvalue weighted by atomic mass is 16.1. The molecule has 0 aromatic heterocycles. The van der Waals surface area contributed by atoms with Crippen LogP contribution in [-0.4, -0.2) is 5.78 Å². The maximum absolute atomic E-state index is 11.8. The first-order valence-electron chi connectivity index (χ1n) is 6.33. The molecule has 1 aromatic rings. The van der Waals surface area contributed by atoms with Crippen molar-refractivity contribution in [2.24, 2.45) is 5.92 Å². The second-order valence-electron chi connectivity index (χ2n) is 4.78. The lowest BCUT2D eigenvalue weighted by molar-refractivity contribution is -0.121. The highest BCUT2D eigenvalue weighted by molar-refractivity contribution is 5.85. The Morgan fingerprint density at radius 1 is 1.18 bits per heavy atom. The van der Waals surface area contributed by atoms with Crippen LogP contribution < -0.4 is 0 Å². The summed E-state index contributed by atoms with van der Waals surface area (Å²) in [5.41, 5.74) is 3.75. The summed E-state index contributed by atoms with van der Waals surface area (Å²) in [6.45, 7) is 8.14. The standard InChI is InChI=1S/C16H22O/c1-5-15(14-9-7-6-8-10-14)13(4)11-16(17)12(2)3/h6-10,12H,5,11H2,1-4H3/b15-13+. The van der Waals surface area contributed by atoms with E-state index in [2.05, 4.69) is 26.0 Å². The van der Waals surface area contributed by atoms with Crippen LogP contribution >= 0.6 is 0 Å². The largest absolute Gasteiger partial charge is 0.299 e. The molecule has 1 nitrogen and oxygen atoms in total. The van der Waals surface area contributed by atoms with Crippen LogP contribution in [0.1, 0.15) is 46.1 Å². The summed E-state index contributed by atoms with van der Waals surface area (Å²) in [5, 5.41) is 0. The number of hydrogen-bond acceptors (Lipinski definition) is 1. The van der Waals surface area contributed by atoms with Gasteiger partial charge in [-0.3, -0.25) is 4.79 Å². The number of allylic oxidation sites excluding steroid dienone is 2. The molecule has 1 aromatic carbocycles. The van der Waals surface area contributed by atoms with Crippen molar-refractivity contribution in [2.45, 2.75) is 40.5 Å². The fourth-order valence-corrected chi connectivity index (χ4v) is 1.96. The van der Waals surface area contributed by atoms with E-state index in [-0.39, 0.29) is 5.92 Å². The molecule has 0 fully saturated rings. The maximum Gasteiger partial charge on any atom is 0.139 e. The molecule has 17 heavy (non-hydrogen) atoms. The second-order valence-corrected chi connectivity index (χ2v) is 4.78. The van der Waals surface area contributed by atoms with Crippen LogP contribution in [0.5, 0.6) is 0 Å². The average molecular weight is 230 g/mol. The van der Waals surface area contributed by atoms with Crippen molar-refractivity contribution in [3.63, 3.8) is 0 Å². The summed E-state index contributed by atoms with van der Waals surface area (Å²) in [6, 6.07) is 10.3. The van der Waals surface area contributed by atoms with Crippen LogP contribution in [0.15, 0.2) is 35.9 Å². The van der Waals surface area contributed by atoms with Crippen LogP contribution in [0.2, 0.25) is 0 Å². The fourth-order valence-electron chi connectivity index (χ4n) is 1.96. The van der Waals surface area contributed by atoms with Crippen molar-refractivity contribution >= 4 is 11.4 Å². The van der Waals surface area contributed by atoms with Crippen molar-refractivity contribution in [3.05, 3.63) is 41.5 Å². The molecule has 0 bridgehead atoms. The van der Waals surface area contributed by atoms with E-state index < -0.39 is 0 Å². The molecular formula is C16H22O. The molecule has 0 spiro atoms. The third-order valence-corrected chi connectivity index (χ3v) is 3.07. The van der Waals surface area contributed by atoms with E-state index in [0.717, 1.165) is 6.42 Å². The lowest BCUT2D eigenvalue weighted by atomic mass is 9.93. The Kier molecular flexibility index (Phi) is 5.14. The summed E-state index contributed by atoms with van der Waals surface area (Å²) >= 11 is 0. The zero-order valence-electron chi connectivity index (χ0n) is 11.3. The van der Waals surface area contributed by atoms with Gasteiger partial charge >= 0.3 is 0 Å². The molecule has 0 N–H and O–H groups in total. The van der Waals surface area contributed by atoms with Gasteiger partial charge in [-0.15, -0.1) is 0 Å². The number of carbonyl (C=O) groups excluding carboxylic acids is 1. The van der Waals surface area contributed by atoms with Crippen LogP contribution in [0.25, 0.3) is 5.57 Å². The fraction of sp³-hybridized carbons (Fsp3) is 0.438. The van der Waals surface area contributed by atoms with Crippen molar-refractivity contribution < 1.29 is 4.79 Å². The molecule has 1 rings (SSSR count). The van der Waals surface area contributed by atoms with E-state index in [0.29, 0.717) is 12.2 Å². The van der Waals surface area contributed by atoms with Crippen molar-refractivity contribution in [1.29, 1.82) is 0 Å². The van der Waals surface area contributed by atoms with E-state index in [9.17, 15) is 4.79 Å². The maximum atomic E-state index is 11.8. The predicted octanol–water partition coefficient (Wildman–Crippen LogP) is 4.49. The van der Waals surface area contributed by atoms with E-state index in [1.54, 1.807) is 0 Å². The number of benzene rings is 1. The minimum absolute atomic E-state index is 0.124. The van der Waals surface area contributed by atoms with Crippen molar-refractivity contribution in [3.8, 4) is 0 Å². The van der Waals surface area contributed by atoms with E-state index >= 15 is 0 Å². The zero-order valence-corrected chi connectivity index (χ0v) is 11.3. The lowest BCUT2D eigenvalue weighted by Crippen LogP contribution is -2.07. The molecule has 1 heteroatoms. The summed E-state index contributed by atoms with van der Waals surface area (Å²) in [7, 11) is 0.